The molecule has 0 rings (SSSR count). The molecule has 0 aliphatic rings. The van der Waals surface area contributed by atoms with E-state index < -0.39 is 11.6 Å². The van der Waals surface area contributed by atoms with E-state index in [0.29, 0.717) is 0 Å². The Kier molecular flexibility index (Phi) is 2.09. The van der Waals surface area contributed by atoms with Crippen LogP contribution in [-0.4, -0.2) is 11.6 Å². The average Bonchev–Trinajstić information content (AvgIpc) is 1.67. The number of hydrogen-bond acceptors (Lipinski definition) is 2. The molecular weight excluding hydrogens is 112 g/mol. The van der Waals surface area contributed by atoms with E-state index >= 15 is 0 Å². The van der Waals surface area contributed by atoms with Crippen LogP contribution in [-0.2, 0) is 20.0 Å². The molecule has 46 valence electrons. The number of ketones is 1. The smallest absolute Gasteiger partial charge is 0.291 e. The van der Waals surface area contributed by atoms with Crippen LogP contribution in [0.4, 0.5) is 0 Å². The van der Waals surface area contributed by atoms with Crippen LogP contribution in [0, 0.1) is 0 Å². The fourth-order valence-corrected chi connectivity index (χ4v) is 0.0587. The molecule has 0 N–H and O–H groups in total. The van der Waals surface area contributed by atoms with Gasteiger partial charge < -0.3 is 0 Å². The second kappa shape index (κ2) is 2.21. The number of hydrogen-bond donors (Lipinski definition) is 0. The van der Waals surface area contributed by atoms with Gasteiger partial charge in [0.2, 0.25) is 0 Å². The molecule has 4 heteroatoms. The summed E-state index contributed by atoms with van der Waals surface area (Å²) in [6, 6.07) is 0. The van der Waals surface area contributed by atoms with E-state index in [2.05, 4.69) is 4.89 Å². The van der Waals surface area contributed by atoms with Gasteiger partial charge in [-0.05, 0) is 5.26 Å². The third kappa shape index (κ3) is 1.57. The highest BCUT2D eigenvalue weighted by molar-refractivity contribution is 5.82. The maximum Gasteiger partial charge on any atom is 0.291 e. The van der Waals surface area contributed by atoms with Gasteiger partial charge in [0, 0.05) is 13.8 Å². The van der Waals surface area contributed by atoms with E-state index in [0.717, 1.165) is 13.8 Å². The Morgan fingerprint density at radius 1 is 1.62 bits per heavy atom. The standard InChI is InChI=1S/C4H6O4/c1-3(5)4(2,6)8-7/h1-2H3. The minimum absolute atomic E-state index is 0.812. The number of carbonyl (C=O) groups is 1. The minimum atomic E-state index is -2.40. The first kappa shape index (κ1) is 7.55. The predicted octanol–water partition coefficient (Wildman–Crippen LogP) is 0.0842. The molecule has 4 nitrogen and oxygen atoms in total. The van der Waals surface area contributed by atoms with E-state index in [1.165, 1.54) is 0 Å². The van der Waals surface area contributed by atoms with Crippen LogP contribution in [0.3, 0.4) is 0 Å². The van der Waals surface area contributed by atoms with Gasteiger partial charge in [-0.3, -0.25) is 4.79 Å². The molecule has 0 aromatic carbocycles. The van der Waals surface area contributed by atoms with Gasteiger partial charge in [0.25, 0.3) is 5.79 Å². The Hall–Kier alpha value is -0.450. The molecule has 1 atom stereocenters. The summed E-state index contributed by atoms with van der Waals surface area (Å²) in [6.45, 7) is 1.88. The summed E-state index contributed by atoms with van der Waals surface area (Å²) in [5, 5.41) is 19.6. The lowest BCUT2D eigenvalue weighted by Gasteiger charge is -2.08. The first-order valence-corrected chi connectivity index (χ1v) is 2.03. The maximum absolute atomic E-state index is 10.3. The molecule has 0 fully saturated rings. The van der Waals surface area contributed by atoms with Crippen LogP contribution >= 0.6 is 0 Å². The van der Waals surface area contributed by atoms with Crippen molar-refractivity contribution < 1.29 is 20.0 Å². The zero-order valence-corrected chi connectivity index (χ0v) is 4.63. The Balaban J connectivity index is 3.91. The molecule has 0 heterocycles. The molecule has 0 spiro atoms. The average molecular weight is 118 g/mol. The molecule has 0 amide bonds. The molecule has 0 saturated carbocycles. The topological polar surface area (TPSA) is 66.1 Å². The van der Waals surface area contributed by atoms with Gasteiger partial charge in [-0.15, -0.1) is 0 Å². The van der Waals surface area contributed by atoms with E-state index in [1.807, 2.05) is 0 Å². The lowest BCUT2D eigenvalue weighted by molar-refractivity contribution is -0.421. The quantitative estimate of drug-likeness (QED) is 0.293. The lowest BCUT2D eigenvalue weighted by atomic mass is 10.2. The van der Waals surface area contributed by atoms with Gasteiger partial charge in [-0.25, -0.2) is 0 Å². The summed E-state index contributed by atoms with van der Waals surface area (Å²) in [5.74, 6) is -3.22. The van der Waals surface area contributed by atoms with E-state index in [9.17, 15) is 15.2 Å². The van der Waals surface area contributed by atoms with Crippen LogP contribution in [0.25, 0.3) is 0 Å². The van der Waals surface area contributed by atoms with E-state index in [4.69, 9.17) is 0 Å². The third-order valence-electron chi connectivity index (χ3n) is 0.799. The predicted molar refractivity (Wildman–Crippen MR) is 21.5 cm³/mol. The molecule has 8 heavy (non-hydrogen) atoms. The van der Waals surface area contributed by atoms with Gasteiger partial charge in [-0.1, -0.05) is 0 Å². The highest BCUT2D eigenvalue weighted by atomic mass is 17.1. The van der Waals surface area contributed by atoms with Gasteiger partial charge in [0.05, 0.1) is 0 Å². The summed E-state index contributed by atoms with van der Waals surface area (Å²) in [7, 11) is 0. The monoisotopic (exact) mass is 118 g/mol. The zero-order chi connectivity index (χ0) is 6.78. The Bertz CT molecular complexity index is 96.2. The van der Waals surface area contributed by atoms with Crippen molar-refractivity contribution in [2.24, 2.45) is 0 Å². The van der Waals surface area contributed by atoms with Crippen LogP contribution in [0.15, 0.2) is 0 Å². The van der Waals surface area contributed by atoms with Crippen molar-refractivity contribution in [1.82, 2.24) is 0 Å². The van der Waals surface area contributed by atoms with Crippen molar-refractivity contribution in [3.8, 4) is 0 Å². The van der Waals surface area contributed by atoms with Crippen LogP contribution < -0.4 is 0 Å². The van der Waals surface area contributed by atoms with E-state index in [1.54, 1.807) is 0 Å². The van der Waals surface area contributed by atoms with Gasteiger partial charge >= 0.3 is 0 Å². The minimum Gasteiger partial charge on any atom is -0.294 e. The third-order valence-corrected chi connectivity index (χ3v) is 0.799. The fourth-order valence-electron chi connectivity index (χ4n) is 0.0587. The first-order valence-electron chi connectivity index (χ1n) is 2.03. The van der Waals surface area contributed by atoms with Crippen molar-refractivity contribution in [2.75, 3.05) is 0 Å². The Morgan fingerprint density at radius 3 is 2.00 bits per heavy atom. The van der Waals surface area contributed by atoms with Crippen molar-refractivity contribution in [1.29, 1.82) is 0 Å². The SMILES string of the molecule is CC(=O)C(C)([O])O[O]. The van der Waals surface area contributed by atoms with Crippen molar-refractivity contribution >= 4 is 5.78 Å². The van der Waals surface area contributed by atoms with Crippen molar-refractivity contribution in [3.63, 3.8) is 0 Å². The summed E-state index contributed by atoms with van der Waals surface area (Å²) in [4.78, 5) is 13.1. The van der Waals surface area contributed by atoms with Gasteiger partial charge in [-0.2, -0.15) is 9.99 Å². The largest absolute Gasteiger partial charge is 0.294 e. The van der Waals surface area contributed by atoms with Crippen LogP contribution in [0.2, 0.25) is 0 Å². The number of rotatable bonds is 2. The summed E-state index contributed by atoms with van der Waals surface area (Å²) < 4.78 is 0. The molecular formula is C4H6O4. The molecule has 0 aromatic heterocycles. The van der Waals surface area contributed by atoms with Crippen molar-refractivity contribution in [2.45, 2.75) is 19.6 Å². The normalized spacial score (nSPS) is 17.5. The summed E-state index contributed by atoms with van der Waals surface area (Å²) in [6.07, 6.45) is 0. The molecule has 0 aliphatic heterocycles. The first-order chi connectivity index (χ1) is 3.50. The highest BCUT2D eigenvalue weighted by Crippen LogP contribution is 2.04. The fraction of sp³-hybridized carbons (Fsp3) is 0.750. The molecule has 0 saturated heterocycles. The summed E-state index contributed by atoms with van der Waals surface area (Å²) >= 11 is 0. The molecule has 2 radical (unpaired) electrons. The van der Waals surface area contributed by atoms with Crippen molar-refractivity contribution in [3.05, 3.63) is 0 Å². The maximum atomic E-state index is 10.3. The lowest BCUT2D eigenvalue weighted by Crippen LogP contribution is -2.32. The Morgan fingerprint density at radius 2 is 2.00 bits per heavy atom. The summed E-state index contributed by atoms with van der Waals surface area (Å²) in [5.41, 5.74) is 0. The molecule has 0 aliphatic carbocycles. The molecule has 0 bridgehead atoms. The van der Waals surface area contributed by atoms with Gasteiger partial charge in [0.15, 0.2) is 5.78 Å². The van der Waals surface area contributed by atoms with Crippen LogP contribution in [0.1, 0.15) is 13.8 Å². The Labute approximate surface area is 46.6 Å². The second-order valence-electron chi connectivity index (χ2n) is 1.59. The number of carbonyl (C=O) groups excluding carboxylic acids is 1. The second-order valence-corrected chi connectivity index (χ2v) is 1.59. The molecule has 1 unspecified atom stereocenters. The molecule has 0 aromatic rings. The number of Topliss-reactive ketones (excluding diaryl/α,β-unsaturated/α-hetero) is 1. The van der Waals surface area contributed by atoms with Gasteiger partial charge in [0.1, 0.15) is 0 Å². The van der Waals surface area contributed by atoms with E-state index in [-0.39, 0.29) is 0 Å². The van der Waals surface area contributed by atoms with Crippen LogP contribution in [0.5, 0.6) is 0 Å². The highest BCUT2D eigenvalue weighted by Gasteiger charge is 2.30. The zero-order valence-electron chi connectivity index (χ0n) is 4.63.